The Labute approximate surface area is 145 Å². The Kier molecular flexibility index (Phi) is 4.69. The second-order valence-corrected chi connectivity index (χ2v) is 6.25. The van der Waals surface area contributed by atoms with Gasteiger partial charge in [-0.25, -0.2) is 9.97 Å². The molecule has 0 atom stereocenters. The molecule has 0 unspecified atom stereocenters. The van der Waals surface area contributed by atoms with Gasteiger partial charge in [0.2, 0.25) is 11.7 Å². The number of amides is 2. The molecule has 2 aromatic rings. The SMILES string of the molecule is Cc1nc(C(C)C)oc1C(=O)Nc1ccc(N2CCNC(=O)C2)cn1. The summed E-state index contributed by atoms with van der Waals surface area (Å²) in [5, 5.41) is 5.49. The molecule has 0 aliphatic carbocycles. The zero-order valence-electron chi connectivity index (χ0n) is 14.5. The second-order valence-electron chi connectivity index (χ2n) is 6.25. The minimum atomic E-state index is -0.380. The number of oxazole rings is 1. The lowest BCUT2D eigenvalue weighted by molar-refractivity contribution is -0.120. The van der Waals surface area contributed by atoms with Crippen LogP contribution >= 0.6 is 0 Å². The van der Waals surface area contributed by atoms with Crippen molar-refractivity contribution in [3.63, 3.8) is 0 Å². The number of nitrogens with one attached hydrogen (secondary N) is 2. The molecule has 2 N–H and O–H groups in total. The zero-order chi connectivity index (χ0) is 18.0. The molecule has 3 heterocycles. The van der Waals surface area contributed by atoms with E-state index in [4.69, 9.17) is 4.42 Å². The van der Waals surface area contributed by atoms with Crippen LogP contribution in [0, 0.1) is 6.92 Å². The predicted octanol–water partition coefficient (Wildman–Crippen LogP) is 1.69. The average Bonchev–Trinajstić information content (AvgIpc) is 2.98. The van der Waals surface area contributed by atoms with E-state index in [1.165, 1.54) is 0 Å². The van der Waals surface area contributed by atoms with Gasteiger partial charge >= 0.3 is 0 Å². The summed E-state index contributed by atoms with van der Waals surface area (Å²) in [4.78, 5) is 34.3. The highest BCUT2D eigenvalue weighted by molar-refractivity contribution is 6.02. The molecule has 8 nitrogen and oxygen atoms in total. The highest BCUT2D eigenvalue weighted by Gasteiger charge is 2.20. The minimum absolute atomic E-state index is 0.00891. The summed E-state index contributed by atoms with van der Waals surface area (Å²) < 4.78 is 5.54. The summed E-state index contributed by atoms with van der Waals surface area (Å²) in [5.74, 6) is 0.869. The van der Waals surface area contributed by atoms with Crippen molar-refractivity contribution in [3.8, 4) is 0 Å². The third-order valence-corrected chi connectivity index (χ3v) is 3.91. The Morgan fingerprint density at radius 3 is 2.80 bits per heavy atom. The summed E-state index contributed by atoms with van der Waals surface area (Å²) in [6, 6.07) is 3.53. The molecule has 0 bridgehead atoms. The van der Waals surface area contributed by atoms with Crippen LogP contribution in [0.15, 0.2) is 22.7 Å². The van der Waals surface area contributed by atoms with E-state index in [0.29, 0.717) is 30.5 Å². The number of aryl methyl sites for hydroxylation is 1. The number of pyridine rings is 1. The Morgan fingerprint density at radius 1 is 1.40 bits per heavy atom. The highest BCUT2D eigenvalue weighted by Crippen LogP contribution is 2.20. The van der Waals surface area contributed by atoms with Crippen LogP contribution in [0.25, 0.3) is 0 Å². The van der Waals surface area contributed by atoms with E-state index in [1.54, 1.807) is 19.2 Å². The number of piperazine rings is 1. The fourth-order valence-corrected chi connectivity index (χ4v) is 2.55. The number of carbonyl (C=O) groups is 2. The van der Waals surface area contributed by atoms with E-state index < -0.39 is 0 Å². The monoisotopic (exact) mass is 343 g/mol. The van der Waals surface area contributed by atoms with Crippen molar-refractivity contribution in [3.05, 3.63) is 35.7 Å². The number of anilines is 2. The molecule has 0 saturated carbocycles. The van der Waals surface area contributed by atoms with Gasteiger partial charge in [0.05, 0.1) is 24.1 Å². The molecule has 2 aromatic heterocycles. The van der Waals surface area contributed by atoms with E-state index in [1.807, 2.05) is 24.8 Å². The van der Waals surface area contributed by atoms with Crippen LogP contribution in [-0.2, 0) is 4.79 Å². The van der Waals surface area contributed by atoms with Crippen LogP contribution < -0.4 is 15.5 Å². The first-order valence-electron chi connectivity index (χ1n) is 8.20. The fraction of sp³-hybridized carbons (Fsp3) is 0.412. The molecule has 0 radical (unpaired) electrons. The molecule has 3 rings (SSSR count). The zero-order valence-corrected chi connectivity index (χ0v) is 14.5. The van der Waals surface area contributed by atoms with Crippen LogP contribution in [0.2, 0.25) is 0 Å². The van der Waals surface area contributed by atoms with E-state index in [0.717, 1.165) is 12.2 Å². The predicted molar refractivity (Wildman–Crippen MR) is 92.7 cm³/mol. The molecular weight excluding hydrogens is 322 g/mol. The van der Waals surface area contributed by atoms with Gasteiger partial charge in [-0.2, -0.15) is 0 Å². The molecule has 132 valence electrons. The quantitative estimate of drug-likeness (QED) is 0.876. The first-order valence-corrected chi connectivity index (χ1v) is 8.20. The normalized spacial score (nSPS) is 14.6. The number of nitrogens with zero attached hydrogens (tertiary/aromatic N) is 3. The first-order chi connectivity index (χ1) is 11.9. The average molecular weight is 343 g/mol. The molecular formula is C17H21N5O3. The van der Waals surface area contributed by atoms with Gasteiger partial charge < -0.3 is 20.0 Å². The van der Waals surface area contributed by atoms with Gasteiger partial charge in [0, 0.05) is 19.0 Å². The third-order valence-electron chi connectivity index (χ3n) is 3.91. The summed E-state index contributed by atoms with van der Waals surface area (Å²) in [6.45, 7) is 7.29. The van der Waals surface area contributed by atoms with Crippen molar-refractivity contribution in [1.82, 2.24) is 15.3 Å². The highest BCUT2D eigenvalue weighted by atomic mass is 16.4. The molecule has 0 spiro atoms. The summed E-state index contributed by atoms with van der Waals surface area (Å²) in [6.07, 6.45) is 1.64. The summed E-state index contributed by atoms with van der Waals surface area (Å²) in [7, 11) is 0. The van der Waals surface area contributed by atoms with Gasteiger partial charge in [0.25, 0.3) is 5.91 Å². The number of hydrogen-bond donors (Lipinski definition) is 2. The molecule has 1 saturated heterocycles. The van der Waals surface area contributed by atoms with Gasteiger partial charge in [0.15, 0.2) is 5.89 Å². The Bertz CT molecular complexity index is 782. The van der Waals surface area contributed by atoms with E-state index in [2.05, 4.69) is 20.6 Å². The van der Waals surface area contributed by atoms with Crippen LogP contribution in [-0.4, -0.2) is 41.4 Å². The van der Waals surface area contributed by atoms with E-state index >= 15 is 0 Å². The lowest BCUT2D eigenvalue weighted by Crippen LogP contribution is -2.47. The number of carbonyl (C=O) groups excluding carboxylic acids is 2. The second kappa shape index (κ2) is 6.92. The van der Waals surface area contributed by atoms with Crippen LogP contribution in [0.5, 0.6) is 0 Å². The molecule has 1 fully saturated rings. The van der Waals surface area contributed by atoms with Crippen LogP contribution in [0.4, 0.5) is 11.5 Å². The van der Waals surface area contributed by atoms with Gasteiger partial charge in [0.1, 0.15) is 5.82 Å². The third kappa shape index (κ3) is 3.78. The number of hydrogen-bond acceptors (Lipinski definition) is 6. The summed E-state index contributed by atoms with van der Waals surface area (Å²) in [5.41, 5.74) is 1.39. The van der Waals surface area contributed by atoms with Gasteiger partial charge in [-0.05, 0) is 19.1 Å². The molecule has 1 aliphatic heterocycles. The number of rotatable bonds is 4. The maximum atomic E-state index is 12.4. The largest absolute Gasteiger partial charge is 0.435 e. The van der Waals surface area contributed by atoms with Gasteiger partial charge in [-0.15, -0.1) is 0 Å². The molecule has 0 aromatic carbocycles. The molecule has 1 aliphatic rings. The van der Waals surface area contributed by atoms with Crippen LogP contribution in [0.3, 0.4) is 0 Å². The van der Waals surface area contributed by atoms with Crippen LogP contribution in [0.1, 0.15) is 41.9 Å². The lowest BCUT2D eigenvalue weighted by Gasteiger charge is -2.28. The molecule has 25 heavy (non-hydrogen) atoms. The standard InChI is InChI=1S/C17H21N5O3/c1-10(2)17-20-11(3)15(25-17)16(24)21-13-5-4-12(8-19-13)22-7-6-18-14(23)9-22/h4-5,8,10H,6-7,9H2,1-3H3,(H,18,23)(H,19,21,24). The number of aromatic nitrogens is 2. The van der Waals surface area contributed by atoms with Crippen molar-refractivity contribution in [2.45, 2.75) is 26.7 Å². The fourth-order valence-electron chi connectivity index (χ4n) is 2.55. The van der Waals surface area contributed by atoms with Crippen molar-refractivity contribution < 1.29 is 14.0 Å². The molecule has 2 amide bonds. The Balaban J connectivity index is 1.69. The minimum Gasteiger partial charge on any atom is -0.435 e. The first kappa shape index (κ1) is 16.9. The lowest BCUT2D eigenvalue weighted by atomic mass is 10.2. The van der Waals surface area contributed by atoms with Crippen molar-refractivity contribution in [2.75, 3.05) is 29.9 Å². The maximum Gasteiger partial charge on any atom is 0.294 e. The van der Waals surface area contributed by atoms with Crippen molar-refractivity contribution >= 4 is 23.3 Å². The smallest absolute Gasteiger partial charge is 0.294 e. The van der Waals surface area contributed by atoms with Crippen molar-refractivity contribution in [2.24, 2.45) is 0 Å². The van der Waals surface area contributed by atoms with Gasteiger partial charge in [-0.3, -0.25) is 9.59 Å². The van der Waals surface area contributed by atoms with Crippen molar-refractivity contribution in [1.29, 1.82) is 0 Å². The summed E-state index contributed by atoms with van der Waals surface area (Å²) >= 11 is 0. The Morgan fingerprint density at radius 2 is 2.20 bits per heavy atom. The Hall–Kier alpha value is -2.90. The van der Waals surface area contributed by atoms with E-state index in [9.17, 15) is 9.59 Å². The molecule has 8 heteroatoms. The maximum absolute atomic E-state index is 12.4. The topological polar surface area (TPSA) is 100 Å². The van der Waals surface area contributed by atoms with Gasteiger partial charge in [-0.1, -0.05) is 13.8 Å². The van der Waals surface area contributed by atoms with E-state index in [-0.39, 0.29) is 23.5 Å².